The third-order valence-corrected chi connectivity index (χ3v) is 10.8. The number of rotatable bonds is 12. The number of nitrogens with zero attached hydrogens (tertiary/aromatic N) is 2. The SMILES string of the molecule is Cc1ccc(C)c(N(CC(=O)N(Cc2ccc(Cl)cc2)[C@@H](Cc2ccccc2)C(=O)NC2CCCCC2)S(=O)(=O)c2ccccc2)c1. The Hall–Kier alpha value is -4.14. The van der Waals surface area contributed by atoms with Crippen LogP contribution in [0.5, 0.6) is 0 Å². The second-order valence-corrected chi connectivity index (χ2v) is 14.6. The van der Waals surface area contributed by atoms with Crippen molar-refractivity contribution >= 4 is 39.1 Å². The highest BCUT2D eigenvalue weighted by Gasteiger charge is 2.35. The van der Waals surface area contributed by atoms with Gasteiger partial charge in [-0.05, 0) is 79.3 Å². The summed E-state index contributed by atoms with van der Waals surface area (Å²) in [5.74, 6) is -0.729. The van der Waals surface area contributed by atoms with Crippen molar-refractivity contribution in [2.45, 2.75) is 75.9 Å². The molecule has 4 aromatic carbocycles. The zero-order chi connectivity index (χ0) is 33.4. The second-order valence-electron chi connectivity index (χ2n) is 12.3. The number of hydrogen-bond donors (Lipinski definition) is 1. The predicted molar refractivity (Wildman–Crippen MR) is 188 cm³/mol. The summed E-state index contributed by atoms with van der Waals surface area (Å²) in [6.07, 6.45) is 5.29. The number of carbonyl (C=O) groups is 2. The second kappa shape index (κ2) is 15.6. The molecule has 5 rings (SSSR count). The number of carbonyl (C=O) groups excluding carboxylic acids is 2. The molecule has 4 aromatic rings. The van der Waals surface area contributed by atoms with E-state index in [0.29, 0.717) is 16.3 Å². The highest BCUT2D eigenvalue weighted by molar-refractivity contribution is 7.92. The Kier molecular flexibility index (Phi) is 11.4. The van der Waals surface area contributed by atoms with Gasteiger partial charge in [-0.15, -0.1) is 0 Å². The molecule has 0 aromatic heterocycles. The van der Waals surface area contributed by atoms with Gasteiger partial charge in [-0.3, -0.25) is 13.9 Å². The number of halogens is 1. The van der Waals surface area contributed by atoms with E-state index < -0.39 is 28.5 Å². The largest absolute Gasteiger partial charge is 0.352 e. The van der Waals surface area contributed by atoms with Crippen molar-refractivity contribution in [2.24, 2.45) is 0 Å². The van der Waals surface area contributed by atoms with Crippen LogP contribution in [-0.4, -0.2) is 43.8 Å². The lowest BCUT2D eigenvalue weighted by molar-refractivity contribution is -0.140. The van der Waals surface area contributed by atoms with E-state index in [1.54, 1.807) is 36.4 Å². The Labute approximate surface area is 283 Å². The molecule has 0 saturated heterocycles. The normalized spacial score (nSPS) is 14.3. The van der Waals surface area contributed by atoms with Gasteiger partial charge in [0.25, 0.3) is 10.0 Å². The topological polar surface area (TPSA) is 86.8 Å². The molecule has 47 heavy (non-hydrogen) atoms. The van der Waals surface area contributed by atoms with Gasteiger partial charge in [0.2, 0.25) is 11.8 Å². The number of sulfonamides is 1. The Morgan fingerprint density at radius 1 is 0.830 bits per heavy atom. The predicted octanol–water partition coefficient (Wildman–Crippen LogP) is 7.24. The van der Waals surface area contributed by atoms with Crippen LogP contribution in [0.3, 0.4) is 0 Å². The molecular formula is C38H42ClN3O4S. The monoisotopic (exact) mass is 671 g/mol. The molecule has 0 heterocycles. The van der Waals surface area contributed by atoms with E-state index in [4.69, 9.17) is 11.6 Å². The first-order valence-corrected chi connectivity index (χ1v) is 18.0. The maximum absolute atomic E-state index is 14.7. The molecule has 246 valence electrons. The van der Waals surface area contributed by atoms with Crippen LogP contribution in [-0.2, 0) is 32.6 Å². The maximum Gasteiger partial charge on any atom is 0.264 e. The summed E-state index contributed by atoms with van der Waals surface area (Å²) in [7, 11) is -4.16. The number of aryl methyl sites for hydroxylation is 2. The minimum absolute atomic E-state index is 0.0342. The molecule has 9 heteroatoms. The first-order chi connectivity index (χ1) is 22.6. The fraction of sp³-hybridized carbons (Fsp3) is 0.316. The van der Waals surface area contributed by atoms with Crippen molar-refractivity contribution in [3.8, 4) is 0 Å². The van der Waals surface area contributed by atoms with Crippen LogP contribution in [0.15, 0.2) is 108 Å². The van der Waals surface area contributed by atoms with Crippen molar-refractivity contribution in [3.63, 3.8) is 0 Å². The molecule has 0 spiro atoms. The van der Waals surface area contributed by atoms with Crippen molar-refractivity contribution in [1.82, 2.24) is 10.2 Å². The van der Waals surface area contributed by atoms with Gasteiger partial charge in [-0.1, -0.05) is 104 Å². The summed E-state index contributed by atoms with van der Waals surface area (Å²) in [4.78, 5) is 30.5. The van der Waals surface area contributed by atoms with Gasteiger partial charge in [0.05, 0.1) is 10.6 Å². The highest BCUT2D eigenvalue weighted by atomic mass is 35.5. The number of amides is 2. The van der Waals surface area contributed by atoms with E-state index in [1.165, 1.54) is 21.3 Å². The average molecular weight is 672 g/mol. The first-order valence-electron chi connectivity index (χ1n) is 16.1. The molecule has 0 radical (unpaired) electrons. The van der Waals surface area contributed by atoms with Gasteiger partial charge >= 0.3 is 0 Å². The first kappa shape index (κ1) is 34.2. The number of nitrogens with one attached hydrogen (secondary N) is 1. The van der Waals surface area contributed by atoms with Gasteiger partial charge in [-0.25, -0.2) is 8.42 Å². The molecule has 1 N–H and O–H groups in total. The fourth-order valence-electron chi connectivity index (χ4n) is 6.11. The van der Waals surface area contributed by atoms with Gasteiger partial charge < -0.3 is 10.2 Å². The molecule has 1 saturated carbocycles. The number of anilines is 1. The zero-order valence-corrected chi connectivity index (χ0v) is 28.5. The number of hydrogen-bond acceptors (Lipinski definition) is 4. The minimum atomic E-state index is -4.16. The quantitative estimate of drug-likeness (QED) is 0.172. The molecular weight excluding hydrogens is 630 g/mol. The fourth-order valence-corrected chi connectivity index (χ4v) is 7.72. The molecule has 0 aliphatic heterocycles. The molecule has 0 bridgehead atoms. The van der Waals surface area contributed by atoms with E-state index >= 15 is 0 Å². The summed E-state index contributed by atoms with van der Waals surface area (Å²) in [5.41, 5.74) is 3.66. The number of benzene rings is 4. The Balaban J connectivity index is 1.58. The maximum atomic E-state index is 14.7. The van der Waals surface area contributed by atoms with E-state index in [1.807, 2.05) is 68.4 Å². The van der Waals surface area contributed by atoms with Crippen molar-refractivity contribution in [3.05, 3.63) is 130 Å². The van der Waals surface area contributed by atoms with Crippen LogP contribution in [0.2, 0.25) is 5.02 Å². The standard InChI is InChI=1S/C38H42ClN3O4S/c1-28-18-19-29(2)35(24-28)42(47(45,46)34-16-10-5-11-17-34)27-37(43)41(26-31-20-22-32(39)23-21-31)36(25-30-12-6-3-7-13-30)38(44)40-33-14-8-4-9-15-33/h3,5-7,10-13,16-24,33,36H,4,8-9,14-15,25-27H2,1-2H3,(H,40,44)/t36-/m0/s1. The highest BCUT2D eigenvalue weighted by Crippen LogP contribution is 2.29. The molecule has 7 nitrogen and oxygen atoms in total. The van der Waals surface area contributed by atoms with Crippen molar-refractivity contribution in [1.29, 1.82) is 0 Å². The van der Waals surface area contributed by atoms with Crippen LogP contribution < -0.4 is 9.62 Å². The molecule has 1 atom stereocenters. The Morgan fingerprint density at radius 3 is 2.13 bits per heavy atom. The molecule has 1 fully saturated rings. The summed E-state index contributed by atoms with van der Waals surface area (Å²) >= 11 is 6.19. The van der Waals surface area contributed by atoms with Crippen molar-refractivity contribution < 1.29 is 18.0 Å². The third kappa shape index (κ3) is 8.82. The van der Waals surface area contributed by atoms with Crippen LogP contribution in [0.1, 0.15) is 54.4 Å². The zero-order valence-electron chi connectivity index (χ0n) is 26.9. The summed E-state index contributed by atoms with van der Waals surface area (Å²) in [5, 5.41) is 3.79. The smallest absolute Gasteiger partial charge is 0.264 e. The van der Waals surface area contributed by atoms with Gasteiger partial charge in [0, 0.05) is 24.0 Å². The van der Waals surface area contributed by atoms with Gasteiger partial charge in [-0.2, -0.15) is 0 Å². The molecule has 2 amide bonds. The lowest BCUT2D eigenvalue weighted by Crippen LogP contribution is -2.55. The van der Waals surface area contributed by atoms with Crippen LogP contribution in [0, 0.1) is 13.8 Å². The lowest BCUT2D eigenvalue weighted by atomic mass is 9.94. The van der Waals surface area contributed by atoms with Crippen molar-refractivity contribution in [2.75, 3.05) is 10.8 Å². The van der Waals surface area contributed by atoms with Crippen LogP contribution >= 0.6 is 11.6 Å². The van der Waals surface area contributed by atoms with Gasteiger partial charge in [0.1, 0.15) is 12.6 Å². The van der Waals surface area contributed by atoms with E-state index in [-0.39, 0.29) is 29.8 Å². The van der Waals surface area contributed by atoms with Gasteiger partial charge in [0.15, 0.2) is 0 Å². The lowest BCUT2D eigenvalue weighted by Gasteiger charge is -2.35. The molecule has 1 aliphatic carbocycles. The minimum Gasteiger partial charge on any atom is -0.352 e. The Bertz CT molecular complexity index is 1760. The Morgan fingerprint density at radius 2 is 1.47 bits per heavy atom. The summed E-state index contributed by atoms with van der Waals surface area (Å²) < 4.78 is 29.7. The molecule has 0 unspecified atom stereocenters. The van der Waals surface area contributed by atoms with E-state index in [9.17, 15) is 18.0 Å². The average Bonchev–Trinajstić information content (AvgIpc) is 3.08. The van der Waals surface area contributed by atoms with Crippen LogP contribution in [0.4, 0.5) is 5.69 Å². The summed E-state index contributed by atoms with van der Waals surface area (Å²) in [6, 6.07) is 29.6. The van der Waals surface area contributed by atoms with E-state index in [0.717, 1.165) is 48.8 Å². The third-order valence-electron chi connectivity index (χ3n) is 8.73. The molecule has 1 aliphatic rings. The summed E-state index contributed by atoms with van der Waals surface area (Å²) in [6.45, 7) is 3.32. The van der Waals surface area contributed by atoms with Crippen LogP contribution in [0.25, 0.3) is 0 Å². The van der Waals surface area contributed by atoms with E-state index in [2.05, 4.69) is 5.32 Å².